The molecule has 0 radical (unpaired) electrons. The smallest absolute Gasteiger partial charge is 0.155 e. The standard InChI is InChI=1S/C8H6F2O/c1-5-2-7(9)6(4-11)8(10)3-5/h2-4H,1H3. The van der Waals surface area contributed by atoms with Gasteiger partial charge >= 0.3 is 0 Å². The fourth-order valence-electron chi connectivity index (χ4n) is 0.824. The lowest BCUT2D eigenvalue weighted by molar-refractivity contribution is 0.111. The number of carbonyl (C=O) groups is 1. The van der Waals surface area contributed by atoms with Gasteiger partial charge in [-0.1, -0.05) is 0 Å². The first-order valence-corrected chi connectivity index (χ1v) is 3.06. The highest BCUT2D eigenvalue weighted by atomic mass is 19.1. The fourth-order valence-corrected chi connectivity index (χ4v) is 0.824. The topological polar surface area (TPSA) is 17.1 Å². The number of halogens is 2. The number of rotatable bonds is 1. The van der Waals surface area contributed by atoms with Crippen LogP contribution in [0.1, 0.15) is 15.9 Å². The van der Waals surface area contributed by atoms with Crippen LogP contribution >= 0.6 is 0 Å². The van der Waals surface area contributed by atoms with Crippen molar-refractivity contribution in [2.45, 2.75) is 6.92 Å². The van der Waals surface area contributed by atoms with Crippen LogP contribution in [0.3, 0.4) is 0 Å². The molecular formula is C8H6F2O. The van der Waals surface area contributed by atoms with E-state index >= 15 is 0 Å². The summed E-state index contributed by atoms with van der Waals surface area (Å²) in [5, 5.41) is 0. The van der Waals surface area contributed by atoms with Gasteiger partial charge in [0.1, 0.15) is 11.6 Å². The highest BCUT2D eigenvalue weighted by Gasteiger charge is 2.07. The zero-order chi connectivity index (χ0) is 8.43. The van der Waals surface area contributed by atoms with Gasteiger partial charge in [0.15, 0.2) is 6.29 Å². The monoisotopic (exact) mass is 156 g/mol. The second-order valence-electron chi connectivity index (χ2n) is 2.26. The number of hydrogen-bond donors (Lipinski definition) is 0. The minimum Gasteiger partial charge on any atom is -0.298 e. The van der Waals surface area contributed by atoms with E-state index in [0.717, 1.165) is 12.1 Å². The summed E-state index contributed by atoms with van der Waals surface area (Å²) in [7, 11) is 0. The van der Waals surface area contributed by atoms with Crippen molar-refractivity contribution in [3.8, 4) is 0 Å². The molecule has 1 aromatic carbocycles. The molecule has 0 heterocycles. The molecule has 0 aromatic heterocycles. The summed E-state index contributed by atoms with van der Waals surface area (Å²) in [5.74, 6) is -1.62. The van der Waals surface area contributed by atoms with Gasteiger partial charge < -0.3 is 0 Å². The minimum atomic E-state index is -0.808. The van der Waals surface area contributed by atoms with Gasteiger partial charge in [-0.05, 0) is 24.6 Å². The zero-order valence-corrected chi connectivity index (χ0v) is 5.90. The Kier molecular flexibility index (Phi) is 1.98. The molecule has 0 saturated heterocycles. The second kappa shape index (κ2) is 2.78. The Balaban J connectivity index is 3.36. The molecule has 0 N–H and O–H groups in total. The van der Waals surface area contributed by atoms with Crippen molar-refractivity contribution in [1.29, 1.82) is 0 Å². The molecule has 0 atom stereocenters. The van der Waals surface area contributed by atoms with Crippen molar-refractivity contribution in [3.05, 3.63) is 34.9 Å². The molecule has 11 heavy (non-hydrogen) atoms. The first-order chi connectivity index (χ1) is 5.15. The van der Waals surface area contributed by atoms with Gasteiger partial charge in [-0.15, -0.1) is 0 Å². The summed E-state index contributed by atoms with van der Waals surface area (Å²) in [6.45, 7) is 1.56. The molecule has 58 valence electrons. The Morgan fingerprint density at radius 3 is 2.09 bits per heavy atom. The molecule has 0 amide bonds. The summed E-state index contributed by atoms with van der Waals surface area (Å²) in [6, 6.07) is 2.24. The largest absolute Gasteiger partial charge is 0.298 e. The van der Waals surface area contributed by atoms with E-state index in [9.17, 15) is 13.6 Å². The van der Waals surface area contributed by atoms with Crippen LogP contribution in [-0.4, -0.2) is 6.29 Å². The fraction of sp³-hybridized carbons (Fsp3) is 0.125. The lowest BCUT2D eigenvalue weighted by Crippen LogP contribution is -1.93. The van der Waals surface area contributed by atoms with E-state index in [-0.39, 0.29) is 6.29 Å². The van der Waals surface area contributed by atoms with Gasteiger partial charge in [-0.25, -0.2) is 8.78 Å². The van der Waals surface area contributed by atoms with Crippen LogP contribution in [0.4, 0.5) is 8.78 Å². The molecule has 0 aliphatic rings. The predicted molar refractivity (Wildman–Crippen MR) is 36.5 cm³/mol. The molecule has 3 heteroatoms. The van der Waals surface area contributed by atoms with Crippen LogP contribution in [0.15, 0.2) is 12.1 Å². The van der Waals surface area contributed by atoms with Crippen molar-refractivity contribution in [2.24, 2.45) is 0 Å². The number of carbonyl (C=O) groups excluding carboxylic acids is 1. The van der Waals surface area contributed by atoms with E-state index in [0.29, 0.717) is 5.56 Å². The third-order valence-electron chi connectivity index (χ3n) is 1.34. The average molecular weight is 156 g/mol. The summed E-state index contributed by atoms with van der Waals surface area (Å²) in [5.41, 5.74) is -0.0406. The molecule has 0 saturated carbocycles. The molecule has 0 fully saturated rings. The Bertz CT molecular complexity index is 271. The first-order valence-electron chi connectivity index (χ1n) is 3.06. The lowest BCUT2D eigenvalue weighted by atomic mass is 10.1. The maximum absolute atomic E-state index is 12.6. The summed E-state index contributed by atoms with van der Waals surface area (Å²) in [4.78, 5) is 10.1. The molecule has 1 rings (SSSR count). The molecule has 0 bridgehead atoms. The van der Waals surface area contributed by atoms with Crippen molar-refractivity contribution >= 4 is 6.29 Å². The Morgan fingerprint density at radius 1 is 1.27 bits per heavy atom. The van der Waals surface area contributed by atoms with Gasteiger partial charge in [0.25, 0.3) is 0 Å². The van der Waals surface area contributed by atoms with E-state index in [1.807, 2.05) is 0 Å². The van der Waals surface area contributed by atoms with Crippen molar-refractivity contribution in [3.63, 3.8) is 0 Å². The van der Waals surface area contributed by atoms with Gasteiger partial charge in [0, 0.05) is 0 Å². The van der Waals surface area contributed by atoms with E-state index in [2.05, 4.69) is 0 Å². The van der Waals surface area contributed by atoms with Crippen LogP contribution in [0.25, 0.3) is 0 Å². The molecular weight excluding hydrogens is 150 g/mol. The number of hydrogen-bond acceptors (Lipinski definition) is 1. The molecule has 0 unspecified atom stereocenters. The SMILES string of the molecule is Cc1cc(F)c(C=O)c(F)c1. The lowest BCUT2D eigenvalue weighted by Gasteiger charge is -1.97. The normalized spacial score (nSPS) is 9.73. The van der Waals surface area contributed by atoms with Crippen LogP contribution in [0.2, 0.25) is 0 Å². The summed E-state index contributed by atoms with van der Waals surface area (Å²) in [6.07, 6.45) is 0.171. The maximum atomic E-state index is 12.6. The second-order valence-corrected chi connectivity index (χ2v) is 2.26. The third kappa shape index (κ3) is 1.42. The third-order valence-corrected chi connectivity index (χ3v) is 1.34. The number of aldehydes is 1. The summed E-state index contributed by atoms with van der Waals surface area (Å²) < 4.78 is 25.3. The minimum absolute atomic E-state index is 0.171. The number of aryl methyl sites for hydroxylation is 1. The summed E-state index contributed by atoms with van der Waals surface area (Å²) >= 11 is 0. The average Bonchev–Trinajstić information content (AvgIpc) is 1.85. The van der Waals surface area contributed by atoms with Gasteiger partial charge in [-0.3, -0.25) is 4.79 Å². The van der Waals surface area contributed by atoms with E-state index in [4.69, 9.17) is 0 Å². The number of benzene rings is 1. The van der Waals surface area contributed by atoms with Crippen LogP contribution < -0.4 is 0 Å². The van der Waals surface area contributed by atoms with E-state index in [1.54, 1.807) is 6.92 Å². The Hall–Kier alpha value is -1.25. The highest BCUT2D eigenvalue weighted by Crippen LogP contribution is 2.12. The zero-order valence-electron chi connectivity index (χ0n) is 5.90. The maximum Gasteiger partial charge on any atom is 0.155 e. The molecule has 0 spiro atoms. The highest BCUT2D eigenvalue weighted by molar-refractivity contribution is 5.75. The van der Waals surface area contributed by atoms with E-state index < -0.39 is 17.2 Å². The quantitative estimate of drug-likeness (QED) is 0.569. The van der Waals surface area contributed by atoms with Crippen LogP contribution in [-0.2, 0) is 0 Å². The molecule has 1 aromatic rings. The molecule has 1 nitrogen and oxygen atoms in total. The van der Waals surface area contributed by atoms with Crippen molar-refractivity contribution < 1.29 is 13.6 Å². The Labute approximate surface area is 62.7 Å². The molecule has 0 aliphatic heterocycles. The van der Waals surface area contributed by atoms with Gasteiger partial charge in [0.05, 0.1) is 5.56 Å². The van der Waals surface area contributed by atoms with Crippen LogP contribution in [0.5, 0.6) is 0 Å². The molecule has 0 aliphatic carbocycles. The van der Waals surface area contributed by atoms with Gasteiger partial charge in [0.2, 0.25) is 0 Å². The Morgan fingerprint density at radius 2 is 1.73 bits per heavy atom. The van der Waals surface area contributed by atoms with E-state index in [1.165, 1.54) is 0 Å². The van der Waals surface area contributed by atoms with Gasteiger partial charge in [-0.2, -0.15) is 0 Å². The van der Waals surface area contributed by atoms with Crippen molar-refractivity contribution in [2.75, 3.05) is 0 Å². The predicted octanol–water partition coefficient (Wildman–Crippen LogP) is 2.09. The first kappa shape index (κ1) is 7.85. The van der Waals surface area contributed by atoms with Crippen LogP contribution in [0, 0.1) is 18.6 Å². The van der Waals surface area contributed by atoms with Crippen molar-refractivity contribution in [1.82, 2.24) is 0 Å².